The molecule has 0 atom stereocenters. The predicted octanol–water partition coefficient (Wildman–Crippen LogP) is 3.25. The number of nitro groups is 1. The molecule has 104 valence electrons. The van der Waals surface area contributed by atoms with Gasteiger partial charge in [0.15, 0.2) is 0 Å². The quantitative estimate of drug-likeness (QED) is 0.672. The van der Waals surface area contributed by atoms with Crippen LogP contribution in [0.25, 0.3) is 0 Å². The van der Waals surface area contributed by atoms with Gasteiger partial charge in [0, 0.05) is 24.7 Å². The minimum Gasteiger partial charge on any atom is -0.457 e. The van der Waals surface area contributed by atoms with Gasteiger partial charge in [-0.05, 0) is 36.9 Å². The normalized spacial score (nSPS) is 10.3. The Morgan fingerprint density at radius 2 is 1.90 bits per heavy atom. The summed E-state index contributed by atoms with van der Waals surface area (Å²) in [5, 5.41) is 13.5. The van der Waals surface area contributed by atoms with E-state index in [0.717, 1.165) is 5.56 Å². The molecule has 2 aromatic carbocycles. The summed E-state index contributed by atoms with van der Waals surface area (Å²) < 4.78 is 18.9. The first-order valence-corrected chi connectivity index (χ1v) is 5.95. The molecule has 1 N–H and O–H groups in total. The molecule has 0 aliphatic rings. The number of halogens is 1. The maximum Gasteiger partial charge on any atom is 0.269 e. The monoisotopic (exact) mass is 276 g/mol. The van der Waals surface area contributed by atoms with E-state index in [-0.39, 0.29) is 5.69 Å². The molecule has 0 radical (unpaired) electrons. The van der Waals surface area contributed by atoms with Gasteiger partial charge in [0.2, 0.25) is 0 Å². The Hall–Kier alpha value is -2.47. The number of ether oxygens (including phenoxy) is 1. The lowest BCUT2D eigenvalue weighted by Crippen LogP contribution is -2.05. The summed E-state index contributed by atoms with van der Waals surface area (Å²) in [5.41, 5.74) is 0.733. The highest BCUT2D eigenvalue weighted by molar-refractivity contribution is 5.39. The van der Waals surface area contributed by atoms with Crippen LogP contribution < -0.4 is 10.1 Å². The Kier molecular flexibility index (Phi) is 4.27. The van der Waals surface area contributed by atoms with Crippen molar-refractivity contribution >= 4 is 5.69 Å². The largest absolute Gasteiger partial charge is 0.457 e. The van der Waals surface area contributed by atoms with Crippen LogP contribution in [0.3, 0.4) is 0 Å². The van der Waals surface area contributed by atoms with Gasteiger partial charge in [0.1, 0.15) is 17.3 Å². The zero-order chi connectivity index (χ0) is 14.5. The minimum absolute atomic E-state index is 0.0209. The van der Waals surface area contributed by atoms with E-state index in [9.17, 15) is 14.5 Å². The third-order valence-electron chi connectivity index (χ3n) is 2.60. The van der Waals surface area contributed by atoms with Gasteiger partial charge in [-0.3, -0.25) is 10.1 Å². The third-order valence-corrected chi connectivity index (χ3v) is 2.60. The Morgan fingerprint density at radius 1 is 1.20 bits per heavy atom. The molecular weight excluding hydrogens is 263 g/mol. The highest BCUT2D eigenvalue weighted by Gasteiger charge is 2.06. The third kappa shape index (κ3) is 3.52. The van der Waals surface area contributed by atoms with Crippen LogP contribution >= 0.6 is 0 Å². The van der Waals surface area contributed by atoms with E-state index in [1.165, 1.54) is 36.4 Å². The van der Waals surface area contributed by atoms with Crippen molar-refractivity contribution in [3.63, 3.8) is 0 Å². The molecule has 0 saturated carbocycles. The number of hydrogen-bond acceptors (Lipinski definition) is 4. The molecule has 20 heavy (non-hydrogen) atoms. The minimum atomic E-state index is -0.489. The lowest BCUT2D eigenvalue weighted by Gasteiger charge is -2.08. The zero-order valence-corrected chi connectivity index (χ0v) is 10.8. The topological polar surface area (TPSA) is 64.4 Å². The fourth-order valence-corrected chi connectivity index (χ4v) is 1.76. The van der Waals surface area contributed by atoms with E-state index in [1.54, 1.807) is 13.1 Å². The molecule has 0 fully saturated rings. The van der Waals surface area contributed by atoms with Crippen molar-refractivity contribution in [3.05, 3.63) is 64.0 Å². The maximum atomic E-state index is 13.4. The number of nitrogens with one attached hydrogen (secondary N) is 1. The van der Waals surface area contributed by atoms with Gasteiger partial charge in [-0.1, -0.05) is 0 Å². The van der Waals surface area contributed by atoms with Crippen LogP contribution in [0.2, 0.25) is 0 Å². The van der Waals surface area contributed by atoms with Gasteiger partial charge in [-0.15, -0.1) is 0 Å². The molecule has 0 aliphatic carbocycles. The highest BCUT2D eigenvalue weighted by atomic mass is 19.1. The van der Waals surface area contributed by atoms with E-state index in [1.807, 2.05) is 0 Å². The van der Waals surface area contributed by atoms with Crippen molar-refractivity contribution in [2.75, 3.05) is 7.05 Å². The summed E-state index contributed by atoms with van der Waals surface area (Å²) in [4.78, 5) is 10.1. The summed E-state index contributed by atoms with van der Waals surface area (Å²) >= 11 is 0. The Balaban J connectivity index is 2.18. The zero-order valence-electron chi connectivity index (χ0n) is 10.8. The van der Waals surface area contributed by atoms with Gasteiger partial charge in [-0.2, -0.15) is 0 Å². The molecule has 0 aliphatic heterocycles. The Bertz CT molecular complexity index is 614. The second-order valence-electron chi connectivity index (χ2n) is 4.18. The van der Waals surface area contributed by atoms with Crippen LogP contribution in [0.15, 0.2) is 42.5 Å². The van der Waals surface area contributed by atoms with Crippen molar-refractivity contribution in [2.24, 2.45) is 0 Å². The van der Waals surface area contributed by atoms with Gasteiger partial charge < -0.3 is 10.1 Å². The van der Waals surface area contributed by atoms with E-state index >= 15 is 0 Å². The molecule has 2 aromatic rings. The van der Waals surface area contributed by atoms with E-state index in [2.05, 4.69) is 5.32 Å². The van der Waals surface area contributed by atoms with Crippen molar-refractivity contribution in [1.82, 2.24) is 5.32 Å². The summed E-state index contributed by atoms with van der Waals surface area (Å²) in [6, 6.07) is 10.0. The smallest absolute Gasteiger partial charge is 0.269 e. The Labute approximate surface area is 115 Å². The number of rotatable bonds is 5. The molecule has 0 aromatic heterocycles. The first-order valence-electron chi connectivity index (χ1n) is 5.95. The van der Waals surface area contributed by atoms with Crippen LogP contribution in [0.1, 0.15) is 5.56 Å². The number of non-ortho nitro benzene ring substituents is 1. The van der Waals surface area contributed by atoms with Crippen LogP contribution in [0, 0.1) is 15.9 Å². The molecule has 0 unspecified atom stereocenters. The van der Waals surface area contributed by atoms with Crippen molar-refractivity contribution in [1.29, 1.82) is 0 Å². The molecule has 5 nitrogen and oxygen atoms in total. The summed E-state index contributed by atoms with van der Waals surface area (Å²) in [5.74, 6) is 0.371. The SMILES string of the molecule is CNCc1cc(F)cc(Oc2ccc([N+](=O)[O-])cc2)c1. The molecule has 0 saturated heterocycles. The summed E-state index contributed by atoms with van der Waals surface area (Å²) in [6.45, 7) is 0.522. The van der Waals surface area contributed by atoms with Gasteiger partial charge in [0.05, 0.1) is 4.92 Å². The lowest BCUT2D eigenvalue weighted by atomic mass is 10.2. The van der Waals surface area contributed by atoms with Crippen molar-refractivity contribution in [2.45, 2.75) is 6.54 Å². The van der Waals surface area contributed by atoms with Crippen molar-refractivity contribution in [3.8, 4) is 11.5 Å². The fourth-order valence-electron chi connectivity index (χ4n) is 1.76. The molecule has 2 rings (SSSR count). The number of nitrogens with zero attached hydrogens (tertiary/aromatic N) is 1. The van der Waals surface area contributed by atoms with Gasteiger partial charge in [0.25, 0.3) is 5.69 Å². The number of benzene rings is 2. The molecule has 0 amide bonds. The molecule has 6 heteroatoms. The standard InChI is InChI=1S/C14H13FN2O3/c1-16-9-10-6-11(15)8-14(7-10)20-13-4-2-12(3-5-13)17(18)19/h2-8,16H,9H2,1H3. The second-order valence-corrected chi connectivity index (χ2v) is 4.18. The number of hydrogen-bond donors (Lipinski definition) is 1. The van der Waals surface area contributed by atoms with Crippen molar-refractivity contribution < 1.29 is 14.1 Å². The van der Waals surface area contributed by atoms with Crippen LogP contribution in [-0.2, 0) is 6.54 Å². The van der Waals surface area contributed by atoms with Crippen LogP contribution in [0.5, 0.6) is 11.5 Å². The van der Waals surface area contributed by atoms with E-state index in [4.69, 9.17) is 4.74 Å². The van der Waals surface area contributed by atoms with Crippen LogP contribution in [0.4, 0.5) is 10.1 Å². The Morgan fingerprint density at radius 3 is 2.50 bits per heavy atom. The molecule has 0 bridgehead atoms. The first-order chi connectivity index (χ1) is 9.58. The molecule has 0 spiro atoms. The summed E-state index contributed by atoms with van der Waals surface area (Å²) in [6.07, 6.45) is 0. The predicted molar refractivity (Wildman–Crippen MR) is 72.3 cm³/mol. The summed E-state index contributed by atoms with van der Waals surface area (Å²) in [7, 11) is 1.77. The highest BCUT2D eigenvalue weighted by Crippen LogP contribution is 2.25. The number of nitro benzene ring substituents is 1. The average molecular weight is 276 g/mol. The molecular formula is C14H13FN2O3. The first kappa shape index (κ1) is 14.0. The van der Waals surface area contributed by atoms with Gasteiger partial charge >= 0.3 is 0 Å². The second kappa shape index (κ2) is 6.12. The lowest BCUT2D eigenvalue weighted by molar-refractivity contribution is -0.384. The maximum absolute atomic E-state index is 13.4. The molecule has 0 heterocycles. The average Bonchev–Trinajstić information content (AvgIpc) is 2.39. The van der Waals surface area contributed by atoms with E-state index in [0.29, 0.717) is 18.0 Å². The van der Waals surface area contributed by atoms with Crippen LogP contribution in [-0.4, -0.2) is 12.0 Å². The van der Waals surface area contributed by atoms with E-state index < -0.39 is 10.7 Å². The van der Waals surface area contributed by atoms with Gasteiger partial charge in [-0.25, -0.2) is 4.39 Å². The fraction of sp³-hybridized carbons (Fsp3) is 0.143.